The summed E-state index contributed by atoms with van der Waals surface area (Å²) in [5.74, 6) is -2.26. The van der Waals surface area contributed by atoms with Gasteiger partial charge in [-0.15, -0.1) is 0 Å². The van der Waals surface area contributed by atoms with Crippen molar-refractivity contribution < 1.29 is 17.2 Å². The first kappa shape index (κ1) is 13.4. The van der Waals surface area contributed by atoms with Crippen LogP contribution in [0.25, 0.3) is 0 Å². The van der Waals surface area contributed by atoms with E-state index in [-0.39, 0.29) is 16.9 Å². The molecular formula is C11H14F2N2O2S. The van der Waals surface area contributed by atoms with Gasteiger partial charge in [0.2, 0.25) is 10.0 Å². The maximum absolute atomic E-state index is 13.0. The van der Waals surface area contributed by atoms with Crippen LogP contribution in [0.2, 0.25) is 0 Å². The zero-order valence-corrected chi connectivity index (χ0v) is 10.4. The summed E-state index contributed by atoms with van der Waals surface area (Å²) in [7, 11) is -3.82. The minimum absolute atomic E-state index is 0.161. The third kappa shape index (κ3) is 2.68. The van der Waals surface area contributed by atoms with Crippen LogP contribution >= 0.6 is 0 Å². The van der Waals surface area contributed by atoms with E-state index in [0.29, 0.717) is 12.6 Å². The average molecular weight is 276 g/mol. The summed E-state index contributed by atoms with van der Waals surface area (Å²) in [6.07, 6.45) is 1.76. The molecule has 0 heterocycles. The number of halogens is 2. The Balaban J connectivity index is 2.13. The van der Waals surface area contributed by atoms with Gasteiger partial charge in [0, 0.05) is 6.54 Å². The molecule has 7 heteroatoms. The number of hydrogen-bond donors (Lipinski definition) is 2. The van der Waals surface area contributed by atoms with Crippen LogP contribution in [-0.4, -0.2) is 21.5 Å². The predicted molar refractivity (Wildman–Crippen MR) is 62.3 cm³/mol. The fourth-order valence-corrected chi connectivity index (χ4v) is 2.77. The van der Waals surface area contributed by atoms with E-state index >= 15 is 0 Å². The lowest BCUT2D eigenvalue weighted by atomic mass is 10.1. The molecule has 1 aromatic carbocycles. The summed E-state index contributed by atoms with van der Waals surface area (Å²) >= 11 is 0. The van der Waals surface area contributed by atoms with E-state index in [1.54, 1.807) is 0 Å². The highest BCUT2D eigenvalue weighted by Gasteiger charge is 2.41. The molecule has 0 bridgehead atoms. The molecule has 0 spiro atoms. The van der Waals surface area contributed by atoms with Gasteiger partial charge in [-0.05, 0) is 43.0 Å². The molecule has 100 valence electrons. The number of benzene rings is 1. The molecule has 1 saturated carbocycles. The summed E-state index contributed by atoms with van der Waals surface area (Å²) in [5.41, 5.74) is 5.38. The zero-order valence-electron chi connectivity index (χ0n) is 9.62. The first-order valence-electron chi connectivity index (χ1n) is 5.53. The second kappa shape index (κ2) is 4.56. The number of hydrogen-bond acceptors (Lipinski definition) is 3. The Bertz CT molecular complexity index is 556. The lowest BCUT2D eigenvalue weighted by Crippen LogP contribution is -2.34. The molecule has 0 radical (unpaired) electrons. The molecule has 1 aromatic rings. The first-order valence-corrected chi connectivity index (χ1v) is 7.02. The Labute approximate surface area is 104 Å². The van der Waals surface area contributed by atoms with Gasteiger partial charge in [0.05, 0.1) is 4.90 Å². The summed E-state index contributed by atoms with van der Waals surface area (Å²) in [4.78, 5) is -0.283. The van der Waals surface area contributed by atoms with Gasteiger partial charge in [0.15, 0.2) is 11.6 Å². The van der Waals surface area contributed by atoms with Crippen molar-refractivity contribution in [3.8, 4) is 0 Å². The highest BCUT2D eigenvalue weighted by Crippen LogP contribution is 2.43. The topological polar surface area (TPSA) is 72.2 Å². The van der Waals surface area contributed by atoms with Gasteiger partial charge in [0.1, 0.15) is 0 Å². The van der Waals surface area contributed by atoms with E-state index in [1.165, 1.54) is 0 Å². The molecule has 1 aliphatic carbocycles. The van der Waals surface area contributed by atoms with E-state index < -0.39 is 21.7 Å². The SMILES string of the molecule is NCC1(CNS(=O)(=O)c2ccc(F)c(F)c2)CC1. The van der Waals surface area contributed by atoms with Crippen LogP contribution in [-0.2, 0) is 10.0 Å². The van der Waals surface area contributed by atoms with Gasteiger partial charge < -0.3 is 5.73 Å². The maximum atomic E-state index is 13.0. The van der Waals surface area contributed by atoms with Crippen LogP contribution in [0.4, 0.5) is 8.78 Å². The number of sulfonamides is 1. The van der Waals surface area contributed by atoms with Crippen molar-refractivity contribution in [2.45, 2.75) is 17.7 Å². The van der Waals surface area contributed by atoms with Crippen molar-refractivity contribution in [2.75, 3.05) is 13.1 Å². The molecule has 0 amide bonds. The van der Waals surface area contributed by atoms with E-state index in [9.17, 15) is 17.2 Å². The minimum atomic E-state index is -3.82. The van der Waals surface area contributed by atoms with Crippen LogP contribution in [0, 0.1) is 17.0 Å². The number of rotatable bonds is 5. The first-order chi connectivity index (χ1) is 8.38. The zero-order chi connectivity index (χ0) is 13.4. The van der Waals surface area contributed by atoms with Crippen molar-refractivity contribution in [3.05, 3.63) is 29.8 Å². The molecule has 1 fully saturated rings. The van der Waals surface area contributed by atoms with Gasteiger partial charge in [-0.25, -0.2) is 21.9 Å². The van der Waals surface area contributed by atoms with Gasteiger partial charge in [0.25, 0.3) is 0 Å². The van der Waals surface area contributed by atoms with Crippen molar-refractivity contribution in [1.29, 1.82) is 0 Å². The molecule has 0 atom stereocenters. The highest BCUT2D eigenvalue weighted by molar-refractivity contribution is 7.89. The van der Waals surface area contributed by atoms with E-state index in [0.717, 1.165) is 25.0 Å². The molecule has 3 N–H and O–H groups in total. The molecule has 1 aliphatic rings. The van der Waals surface area contributed by atoms with Gasteiger partial charge in [-0.3, -0.25) is 0 Å². The highest BCUT2D eigenvalue weighted by atomic mass is 32.2. The average Bonchev–Trinajstić information content (AvgIpc) is 3.11. The smallest absolute Gasteiger partial charge is 0.240 e. The summed E-state index contributed by atoms with van der Waals surface area (Å²) in [6, 6.07) is 2.49. The van der Waals surface area contributed by atoms with Crippen LogP contribution in [0.5, 0.6) is 0 Å². The maximum Gasteiger partial charge on any atom is 0.240 e. The monoisotopic (exact) mass is 276 g/mol. The van der Waals surface area contributed by atoms with Crippen LogP contribution in [0.1, 0.15) is 12.8 Å². The van der Waals surface area contributed by atoms with Crippen molar-refractivity contribution in [2.24, 2.45) is 11.1 Å². The van der Waals surface area contributed by atoms with Crippen molar-refractivity contribution in [3.63, 3.8) is 0 Å². The summed E-state index contributed by atoms with van der Waals surface area (Å²) in [6.45, 7) is 0.637. The quantitative estimate of drug-likeness (QED) is 0.842. The third-order valence-electron chi connectivity index (χ3n) is 3.23. The minimum Gasteiger partial charge on any atom is -0.330 e. The van der Waals surface area contributed by atoms with Gasteiger partial charge >= 0.3 is 0 Å². The second-order valence-corrected chi connectivity index (χ2v) is 6.37. The van der Waals surface area contributed by atoms with Crippen molar-refractivity contribution >= 4 is 10.0 Å². The summed E-state index contributed by atoms with van der Waals surface area (Å²) < 4.78 is 51.8. The Morgan fingerprint density at radius 3 is 2.44 bits per heavy atom. The van der Waals surface area contributed by atoms with Gasteiger partial charge in [-0.2, -0.15) is 0 Å². The Morgan fingerprint density at radius 2 is 1.94 bits per heavy atom. The number of nitrogens with one attached hydrogen (secondary N) is 1. The normalized spacial score (nSPS) is 17.7. The van der Waals surface area contributed by atoms with Gasteiger partial charge in [-0.1, -0.05) is 0 Å². The summed E-state index contributed by atoms with van der Waals surface area (Å²) in [5, 5.41) is 0. The lowest BCUT2D eigenvalue weighted by Gasteiger charge is -2.13. The largest absolute Gasteiger partial charge is 0.330 e. The van der Waals surface area contributed by atoms with Crippen LogP contribution in [0.15, 0.2) is 23.1 Å². The molecule has 18 heavy (non-hydrogen) atoms. The number of nitrogens with two attached hydrogens (primary N) is 1. The third-order valence-corrected chi connectivity index (χ3v) is 4.63. The molecule has 4 nitrogen and oxygen atoms in total. The fourth-order valence-electron chi connectivity index (χ4n) is 1.61. The molecule has 0 aromatic heterocycles. The second-order valence-electron chi connectivity index (χ2n) is 4.60. The van der Waals surface area contributed by atoms with Crippen LogP contribution < -0.4 is 10.5 Å². The Hall–Kier alpha value is -1.05. The lowest BCUT2D eigenvalue weighted by molar-refractivity contribution is 0.495. The molecular weight excluding hydrogens is 262 g/mol. The molecule has 0 saturated heterocycles. The fraction of sp³-hybridized carbons (Fsp3) is 0.455. The Kier molecular flexibility index (Phi) is 3.39. The molecule has 2 rings (SSSR count). The van der Waals surface area contributed by atoms with E-state index in [2.05, 4.69) is 4.72 Å². The van der Waals surface area contributed by atoms with Crippen LogP contribution in [0.3, 0.4) is 0 Å². The van der Waals surface area contributed by atoms with Crippen molar-refractivity contribution in [1.82, 2.24) is 4.72 Å². The van der Waals surface area contributed by atoms with E-state index in [4.69, 9.17) is 5.73 Å². The standard InChI is InChI=1S/C11H14F2N2O2S/c12-9-2-1-8(5-10(9)13)18(16,17)15-7-11(6-14)3-4-11/h1-2,5,15H,3-4,6-7,14H2. The Morgan fingerprint density at radius 1 is 1.28 bits per heavy atom. The predicted octanol–water partition coefficient (Wildman–Crippen LogP) is 0.982. The molecule has 0 unspecified atom stereocenters. The van der Waals surface area contributed by atoms with E-state index in [1.807, 2.05) is 0 Å². The molecule has 0 aliphatic heterocycles.